The van der Waals surface area contributed by atoms with Crippen molar-refractivity contribution in [2.24, 2.45) is 0 Å². The van der Waals surface area contributed by atoms with Crippen LogP contribution < -0.4 is 10.6 Å². The van der Waals surface area contributed by atoms with Crippen molar-refractivity contribution in [1.29, 1.82) is 0 Å². The molecule has 0 bridgehead atoms. The van der Waals surface area contributed by atoms with Crippen LogP contribution in [0.1, 0.15) is 12.5 Å². The Morgan fingerprint density at radius 1 is 1.33 bits per heavy atom. The monoisotopic (exact) mass is 306 g/mol. The fourth-order valence-corrected chi connectivity index (χ4v) is 2.56. The largest absolute Gasteiger partial charge is 0.323 e. The second kappa shape index (κ2) is 7.03. The van der Waals surface area contributed by atoms with Gasteiger partial charge in [-0.25, -0.2) is 4.79 Å². The standard InChI is InChI=1S/C14H18N4O2S/c1-3-18-9-12(8-15-18)16-14(19)17-13-7-5-4-6-11(13)10-21(2)20/h4-9H,3,10H2,1-2H3,(H2,16,17,19)/t21-/m0/s1. The second-order valence-electron chi connectivity index (χ2n) is 4.54. The third kappa shape index (κ3) is 4.42. The summed E-state index contributed by atoms with van der Waals surface area (Å²) in [6.45, 7) is 2.71. The maximum Gasteiger partial charge on any atom is 0.323 e. The van der Waals surface area contributed by atoms with Gasteiger partial charge >= 0.3 is 6.03 Å². The van der Waals surface area contributed by atoms with Gasteiger partial charge in [-0.05, 0) is 18.6 Å². The van der Waals surface area contributed by atoms with E-state index in [2.05, 4.69) is 15.7 Å². The number of aromatic nitrogens is 2. The quantitative estimate of drug-likeness (QED) is 0.890. The normalized spacial score (nSPS) is 11.9. The molecule has 0 unspecified atom stereocenters. The SMILES string of the molecule is CCn1cc(NC(=O)Nc2ccccc2C[S@](C)=O)cn1. The van der Waals surface area contributed by atoms with Gasteiger partial charge in [0.15, 0.2) is 0 Å². The van der Waals surface area contributed by atoms with E-state index >= 15 is 0 Å². The molecule has 2 N–H and O–H groups in total. The third-order valence-electron chi connectivity index (χ3n) is 2.84. The van der Waals surface area contributed by atoms with Crippen LogP contribution in [0.2, 0.25) is 0 Å². The van der Waals surface area contributed by atoms with Crippen molar-refractivity contribution in [3.05, 3.63) is 42.2 Å². The van der Waals surface area contributed by atoms with Crippen molar-refractivity contribution in [1.82, 2.24) is 9.78 Å². The van der Waals surface area contributed by atoms with Gasteiger partial charge in [0.2, 0.25) is 0 Å². The van der Waals surface area contributed by atoms with Gasteiger partial charge in [0.1, 0.15) is 0 Å². The highest BCUT2D eigenvalue weighted by atomic mass is 32.2. The van der Waals surface area contributed by atoms with Crippen LogP contribution in [0.25, 0.3) is 0 Å². The Balaban J connectivity index is 2.03. The van der Waals surface area contributed by atoms with Crippen LogP contribution in [-0.2, 0) is 23.1 Å². The predicted molar refractivity (Wildman–Crippen MR) is 84.8 cm³/mol. The van der Waals surface area contributed by atoms with E-state index in [1.807, 2.05) is 25.1 Å². The molecule has 2 amide bonds. The Hall–Kier alpha value is -2.15. The number of hydrogen-bond acceptors (Lipinski definition) is 3. The molecule has 0 fully saturated rings. The lowest BCUT2D eigenvalue weighted by Gasteiger charge is -2.10. The Morgan fingerprint density at radius 3 is 2.76 bits per heavy atom. The van der Waals surface area contributed by atoms with Gasteiger partial charge in [-0.3, -0.25) is 8.89 Å². The summed E-state index contributed by atoms with van der Waals surface area (Å²) in [5.41, 5.74) is 2.14. The molecular formula is C14H18N4O2S. The lowest BCUT2D eigenvalue weighted by Crippen LogP contribution is -2.20. The van der Waals surface area contributed by atoms with E-state index in [1.165, 1.54) is 0 Å². The highest BCUT2D eigenvalue weighted by Crippen LogP contribution is 2.17. The van der Waals surface area contributed by atoms with Gasteiger partial charge in [-0.15, -0.1) is 0 Å². The predicted octanol–water partition coefficient (Wildman–Crippen LogP) is 2.43. The topological polar surface area (TPSA) is 76.0 Å². The molecule has 0 saturated heterocycles. The number of aryl methyl sites for hydroxylation is 1. The average Bonchev–Trinajstić information content (AvgIpc) is 2.88. The van der Waals surface area contributed by atoms with Crippen molar-refractivity contribution in [3.63, 3.8) is 0 Å². The summed E-state index contributed by atoms with van der Waals surface area (Å²) < 4.78 is 13.1. The van der Waals surface area contributed by atoms with Gasteiger partial charge in [0.25, 0.3) is 0 Å². The first-order chi connectivity index (χ1) is 10.1. The Bertz CT molecular complexity index is 654. The first kappa shape index (κ1) is 15.2. The molecule has 1 atom stereocenters. The number of anilines is 2. The molecule has 6 nitrogen and oxygen atoms in total. The minimum atomic E-state index is -0.963. The van der Waals surface area contributed by atoms with E-state index in [4.69, 9.17) is 0 Å². The Labute approximate surface area is 126 Å². The number of carbonyl (C=O) groups is 1. The molecule has 7 heteroatoms. The van der Waals surface area contributed by atoms with Crippen LogP contribution >= 0.6 is 0 Å². The van der Waals surface area contributed by atoms with Crippen LogP contribution in [0, 0.1) is 0 Å². The van der Waals surface area contributed by atoms with Gasteiger partial charge in [0.05, 0.1) is 17.6 Å². The molecule has 0 aliphatic rings. The van der Waals surface area contributed by atoms with E-state index < -0.39 is 10.8 Å². The van der Waals surface area contributed by atoms with Crippen molar-refractivity contribution in [3.8, 4) is 0 Å². The first-order valence-corrected chi connectivity index (χ1v) is 8.29. The summed E-state index contributed by atoms with van der Waals surface area (Å²) >= 11 is 0. The van der Waals surface area contributed by atoms with Gasteiger partial charge in [-0.2, -0.15) is 5.10 Å². The molecule has 0 saturated carbocycles. The number of nitrogens with zero attached hydrogens (tertiary/aromatic N) is 2. The summed E-state index contributed by atoms with van der Waals surface area (Å²) in [6, 6.07) is 6.98. The number of nitrogens with one attached hydrogen (secondary N) is 2. The number of urea groups is 1. The fraction of sp³-hybridized carbons (Fsp3) is 0.286. The highest BCUT2D eigenvalue weighted by Gasteiger charge is 2.08. The molecule has 1 heterocycles. The van der Waals surface area contributed by atoms with Crippen LogP contribution in [0.3, 0.4) is 0 Å². The lowest BCUT2D eigenvalue weighted by atomic mass is 10.2. The summed E-state index contributed by atoms with van der Waals surface area (Å²) in [7, 11) is -0.963. The zero-order valence-corrected chi connectivity index (χ0v) is 12.8. The minimum absolute atomic E-state index is 0.347. The van der Waals surface area contributed by atoms with Gasteiger partial charge in [0, 0.05) is 35.5 Å². The molecule has 0 aliphatic heterocycles. The van der Waals surface area contributed by atoms with E-state index in [0.717, 1.165) is 12.1 Å². The van der Waals surface area contributed by atoms with Gasteiger partial charge < -0.3 is 10.6 Å². The average molecular weight is 306 g/mol. The fourth-order valence-electron chi connectivity index (χ4n) is 1.87. The maximum atomic E-state index is 12.0. The molecule has 1 aromatic carbocycles. The molecule has 0 spiro atoms. The number of benzene rings is 1. The Morgan fingerprint density at radius 2 is 2.10 bits per heavy atom. The van der Waals surface area contributed by atoms with Crippen molar-refractivity contribution >= 4 is 28.2 Å². The molecular weight excluding hydrogens is 288 g/mol. The number of hydrogen-bond donors (Lipinski definition) is 2. The molecule has 2 aromatic rings. The summed E-state index contributed by atoms with van der Waals surface area (Å²) in [6.07, 6.45) is 4.98. The molecule has 0 radical (unpaired) electrons. The van der Waals surface area contributed by atoms with Crippen molar-refractivity contribution in [2.75, 3.05) is 16.9 Å². The van der Waals surface area contributed by atoms with Crippen LogP contribution in [-0.4, -0.2) is 26.3 Å². The summed E-state index contributed by atoms with van der Waals surface area (Å²) in [5.74, 6) is 0.407. The van der Waals surface area contributed by atoms with Crippen LogP contribution in [0.5, 0.6) is 0 Å². The number of amides is 2. The molecule has 2 rings (SSSR count). The summed E-state index contributed by atoms with van der Waals surface area (Å²) in [5, 5.41) is 9.57. The maximum absolute atomic E-state index is 12.0. The van der Waals surface area contributed by atoms with E-state index in [0.29, 0.717) is 17.1 Å². The zero-order chi connectivity index (χ0) is 15.2. The van der Waals surface area contributed by atoms with Crippen molar-refractivity contribution in [2.45, 2.75) is 19.2 Å². The zero-order valence-electron chi connectivity index (χ0n) is 12.0. The third-order valence-corrected chi connectivity index (χ3v) is 3.56. The van der Waals surface area contributed by atoms with Crippen molar-refractivity contribution < 1.29 is 9.00 Å². The highest BCUT2D eigenvalue weighted by molar-refractivity contribution is 7.83. The van der Waals surface area contributed by atoms with Crippen LogP contribution in [0.15, 0.2) is 36.7 Å². The minimum Gasteiger partial charge on any atom is -0.307 e. The second-order valence-corrected chi connectivity index (χ2v) is 5.97. The molecule has 112 valence electrons. The lowest BCUT2D eigenvalue weighted by molar-refractivity contribution is 0.262. The Kier molecular flexibility index (Phi) is 5.10. The summed E-state index contributed by atoms with van der Waals surface area (Å²) in [4.78, 5) is 12.0. The smallest absolute Gasteiger partial charge is 0.307 e. The van der Waals surface area contributed by atoms with E-state index in [-0.39, 0.29) is 6.03 Å². The van der Waals surface area contributed by atoms with Gasteiger partial charge in [-0.1, -0.05) is 18.2 Å². The number of carbonyl (C=O) groups excluding carboxylic acids is 1. The van der Waals surface area contributed by atoms with E-state index in [9.17, 15) is 9.00 Å². The molecule has 21 heavy (non-hydrogen) atoms. The molecule has 0 aliphatic carbocycles. The van der Waals surface area contributed by atoms with Crippen LogP contribution in [0.4, 0.5) is 16.2 Å². The molecule has 1 aromatic heterocycles. The number of para-hydroxylation sites is 1. The van der Waals surface area contributed by atoms with E-state index in [1.54, 1.807) is 29.4 Å². The first-order valence-electron chi connectivity index (χ1n) is 6.57. The number of rotatable bonds is 5.